The molecule has 0 amide bonds. The summed E-state index contributed by atoms with van der Waals surface area (Å²) in [4.78, 5) is 12.9. The topological polar surface area (TPSA) is 106 Å². The van der Waals surface area contributed by atoms with Gasteiger partial charge in [0.15, 0.2) is 5.82 Å². The fourth-order valence-corrected chi connectivity index (χ4v) is 4.66. The Morgan fingerprint density at radius 3 is 2.84 bits per heavy atom. The Bertz CT molecular complexity index is 1340. The second-order valence-corrected chi connectivity index (χ2v) is 9.77. The van der Waals surface area contributed by atoms with Gasteiger partial charge < -0.3 is 24.7 Å². The standard InChI is InChI=1S/C27H36N8O2/c1-18-19(2)30-26-22(37-16-13-34-11-14-36-15-12-34)17-20(24(28)23(18)26)31-25-21-7-5-6-9-35(21)32-27(25)29-8-10-33(3)4/h5-7,9,17,28,30H,8,10-16H2,1-4H3,(H,29,32). The van der Waals surface area contributed by atoms with Crippen molar-refractivity contribution < 1.29 is 9.47 Å². The van der Waals surface area contributed by atoms with Gasteiger partial charge in [-0.25, -0.2) is 9.51 Å². The number of ether oxygens (including phenoxy) is 2. The summed E-state index contributed by atoms with van der Waals surface area (Å²) in [6, 6.07) is 5.92. The van der Waals surface area contributed by atoms with Crippen LogP contribution < -0.4 is 5.32 Å². The minimum absolute atomic E-state index is 0.381. The van der Waals surface area contributed by atoms with E-state index < -0.39 is 0 Å². The molecule has 196 valence electrons. The number of morpholine rings is 1. The van der Waals surface area contributed by atoms with Crippen molar-refractivity contribution in [2.24, 2.45) is 4.99 Å². The zero-order valence-electron chi connectivity index (χ0n) is 22.1. The number of pyridine rings is 1. The number of aromatic amines is 1. The highest BCUT2D eigenvalue weighted by molar-refractivity contribution is 6.54. The normalized spacial score (nSPS) is 17.5. The number of hydrogen-bond donors (Lipinski definition) is 3. The van der Waals surface area contributed by atoms with Gasteiger partial charge in [0, 0.05) is 56.3 Å². The van der Waals surface area contributed by atoms with Gasteiger partial charge in [-0.2, -0.15) is 0 Å². The lowest BCUT2D eigenvalue weighted by Gasteiger charge is -2.27. The maximum absolute atomic E-state index is 9.06. The number of H-pyrrole nitrogens is 1. The summed E-state index contributed by atoms with van der Waals surface area (Å²) in [6.45, 7) is 10.4. The van der Waals surface area contributed by atoms with Crippen LogP contribution in [0, 0.1) is 19.3 Å². The highest BCUT2D eigenvalue weighted by Crippen LogP contribution is 2.34. The van der Waals surface area contributed by atoms with Crippen molar-refractivity contribution in [3.63, 3.8) is 0 Å². The van der Waals surface area contributed by atoms with Crippen molar-refractivity contribution in [2.45, 2.75) is 13.8 Å². The van der Waals surface area contributed by atoms with E-state index in [4.69, 9.17) is 25.0 Å². The molecule has 0 unspecified atom stereocenters. The molecule has 10 nitrogen and oxygen atoms in total. The predicted octanol–water partition coefficient (Wildman–Crippen LogP) is 3.10. The molecule has 2 aliphatic rings. The lowest BCUT2D eigenvalue weighted by Crippen LogP contribution is -2.38. The molecule has 37 heavy (non-hydrogen) atoms. The first kappa shape index (κ1) is 25.2. The Kier molecular flexibility index (Phi) is 7.40. The third kappa shape index (κ3) is 5.31. The fourth-order valence-electron chi connectivity index (χ4n) is 4.66. The van der Waals surface area contributed by atoms with Crippen LogP contribution in [0.1, 0.15) is 22.5 Å². The molecule has 1 saturated heterocycles. The molecule has 3 aromatic heterocycles. The van der Waals surface area contributed by atoms with Gasteiger partial charge >= 0.3 is 0 Å². The summed E-state index contributed by atoms with van der Waals surface area (Å²) >= 11 is 0. The van der Waals surface area contributed by atoms with E-state index >= 15 is 0 Å². The van der Waals surface area contributed by atoms with Gasteiger partial charge in [-0.3, -0.25) is 10.3 Å². The van der Waals surface area contributed by atoms with Crippen LogP contribution >= 0.6 is 0 Å². The van der Waals surface area contributed by atoms with Crippen molar-refractivity contribution in [3.05, 3.63) is 53.0 Å². The van der Waals surface area contributed by atoms with Crippen LogP contribution in [0.15, 0.2) is 35.5 Å². The largest absolute Gasteiger partial charge is 0.490 e. The molecule has 1 aliphatic carbocycles. The van der Waals surface area contributed by atoms with Crippen LogP contribution in [0.25, 0.3) is 11.3 Å². The molecule has 1 aliphatic heterocycles. The molecule has 0 saturated carbocycles. The number of aliphatic imine (C=N–C) groups is 1. The number of allylic oxidation sites excluding steroid dienone is 1. The molecule has 5 rings (SSSR count). The molecule has 10 heteroatoms. The lowest BCUT2D eigenvalue weighted by atomic mass is 9.95. The number of nitrogens with one attached hydrogen (secondary N) is 3. The maximum Gasteiger partial charge on any atom is 0.175 e. The van der Waals surface area contributed by atoms with Crippen LogP contribution in [-0.2, 0) is 9.47 Å². The Hall–Kier alpha value is -3.47. The smallest absolute Gasteiger partial charge is 0.175 e. The van der Waals surface area contributed by atoms with Crippen LogP contribution in [-0.4, -0.2) is 102 Å². The van der Waals surface area contributed by atoms with E-state index in [1.165, 1.54) is 0 Å². The molecule has 0 bridgehead atoms. The van der Waals surface area contributed by atoms with E-state index in [2.05, 4.69) is 20.1 Å². The number of likely N-dealkylation sites (N-methyl/N-ethyl adjacent to an activating group) is 1. The molecule has 3 aromatic rings. The summed E-state index contributed by atoms with van der Waals surface area (Å²) in [6.07, 6.45) is 3.80. The van der Waals surface area contributed by atoms with Gasteiger partial charge in [0.25, 0.3) is 0 Å². The van der Waals surface area contributed by atoms with Crippen molar-refractivity contribution in [2.75, 3.05) is 72.0 Å². The van der Waals surface area contributed by atoms with Crippen LogP contribution in [0.5, 0.6) is 0 Å². The third-order valence-electron chi connectivity index (χ3n) is 6.89. The maximum atomic E-state index is 9.06. The van der Waals surface area contributed by atoms with Crippen LogP contribution in [0.2, 0.25) is 0 Å². The zero-order chi connectivity index (χ0) is 25.9. The molecular formula is C27H36N8O2. The second kappa shape index (κ2) is 10.9. The van der Waals surface area contributed by atoms with E-state index in [0.717, 1.165) is 79.7 Å². The van der Waals surface area contributed by atoms with E-state index in [-0.39, 0.29) is 0 Å². The van der Waals surface area contributed by atoms with Crippen molar-refractivity contribution in [3.8, 4) is 0 Å². The highest BCUT2D eigenvalue weighted by atomic mass is 16.5. The zero-order valence-corrected chi connectivity index (χ0v) is 22.1. The van der Waals surface area contributed by atoms with Gasteiger partial charge in [-0.1, -0.05) is 6.07 Å². The molecule has 0 aromatic carbocycles. The fraction of sp³-hybridized carbons (Fsp3) is 0.444. The van der Waals surface area contributed by atoms with Gasteiger partial charge in [0.2, 0.25) is 0 Å². The van der Waals surface area contributed by atoms with Crippen molar-refractivity contribution in [1.82, 2.24) is 24.4 Å². The Morgan fingerprint density at radius 1 is 1.24 bits per heavy atom. The number of nitrogens with zero attached hydrogens (tertiary/aromatic N) is 5. The number of aryl methyl sites for hydroxylation is 1. The van der Waals surface area contributed by atoms with Gasteiger partial charge in [-0.05, 0) is 45.6 Å². The number of fused-ring (bicyclic) bond motifs is 2. The van der Waals surface area contributed by atoms with Crippen LogP contribution in [0.3, 0.4) is 0 Å². The van der Waals surface area contributed by atoms with E-state index in [0.29, 0.717) is 29.6 Å². The Labute approximate surface area is 217 Å². The molecule has 1 fully saturated rings. The minimum Gasteiger partial charge on any atom is -0.490 e. The Morgan fingerprint density at radius 2 is 2.05 bits per heavy atom. The van der Waals surface area contributed by atoms with E-state index in [9.17, 15) is 0 Å². The van der Waals surface area contributed by atoms with E-state index in [1.54, 1.807) is 0 Å². The summed E-state index contributed by atoms with van der Waals surface area (Å²) in [5, 5.41) is 17.2. The highest BCUT2D eigenvalue weighted by Gasteiger charge is 2.28. The van der Waals surface area contributed by atoms with Gasteiger partial charge in [-0.15, -0.1) is 5.10 Å². The predicted molar refractivity (Wildman–Crippen MR) is 148 cm³/mol. The summed E-state index contributed by atoms with van der Waals surface area (Å²) in [5.41, 5.74) is 6.31. The minimum atomic E-state index is 0.381. The number of rotatable bonds is 9. The summed E-state index contributed by atoms with van der Waals surface area (Å²) < 4.78 is 13.6. The number of aromatic nitrogens is 3. The average Bonchev–Trinajstić information content (AvgIpc) is 3.39. The average molecular weight is 505 g/mol. The van der Waals surface area contributed by atoms with Gasteiger partial charge in [0.1, 0.15) is 18.1 Å². The monoisotopic (exact) mass is 504 g/mol. The third-order valence-corrected chi connectivity index (χ3v) is 6.89. The van der Waals surface area contributed by atoms with Crippen molar-refractivity contribution in [1.29, 1.82) is 5.41 Å². The first-order valence-electron chi connectivity index (χ1n) is 12.8. The molecule has 0 spiro atoms. The SMILES string of the molecule is Cc1[nH]c2c(c1C)C(=N)C(=Nc1c(NCCN(C)C)nn3ccccc13)C=C2OCCN1CCOCC1. The molecule has 4 heterocycles. The second-order valence-electron chi connectivity index (χ2n) is 9.77. The number of hydrogen-bond acceptors (Lipinski definition) is 8. The molecule has 3 N–H and O–H groups in total. The summed E-state index contributed by atoms with van der Waals surface area (Å²) in [5.74, 6) is 1.41. The first-order valence-corrected chi connectivity index (χ1v) is 12.8. The van der Waals surface area contributed by atoms with Crippen LogP contribution in [0.4, 0.5) is 11.5 Å². The Balaban J connectivity index is 1.49. The number of anilines is 1. The van der Waals surface area contributed by atoms with Gasteiger partial charge in [0.05, 0.1) is 35.8 Å². The van der Waals surface area contributed by atoms with E-state index in [1.807, 2.05) is 62.9 Å². The molecule has 0 radical (unpaired) electrons. The molecule has 0 atom stereocenters. The lowest BCUT2D eigenvalue weighted by molar-refractivity contribution is 0.0305. The molecular weight excluding hydrogens is 468 g/mol. The summed E-state index contributed by atoms with van der Waals surface area (Å²) in [7, 11) is 4.08. The quantitative estimate of drug-likeness (QED) is 0.414. The van der Waals surface area contributed by atoms with Crippen molar-refractivity contribution >= 4 is 34.2 Å². The first-order chi connectivity index (χ1) is 17.9.